The van der Waals surface area contributed by atoms with Gasteiger partial charge in [-0.3, -0.25) is 4.79 Å². The van der Waals surface area contributed by atoms with Gasteiger partial charge >= 0.3 is 0 Å². The number of rotatable bonds is 3. The van der Waals surface area contributed by atoms with Crippen molar-refractivity contribution in [3.05, 3.63) is 0 Å². The Morgan fingerprint density at radius 1 is 1.33 bits per heavy atom. The maximum absolute atomic E-state index is 12.5. The van der Waals surface area contributed by atoms with Gasteiger partial charge < -0.3 is 15.7 Å². The van der Waals surface area contributed by atoms with E-state index < -0.39 is 0 Å². The van der Waals surface area contributed by atoms with E-state index in [4.69, 9.17) is 5.73 Å². The Bertz CT molecular complexity index is 286. The van der Waals surface area contributed by atoms with E-state index in [2.05, 4.69) is 0 Å². The van der Waals surface area contributed by atoms with Gasteiger partial charge in [0.05, 0.1) is 6.10 Å². The Morgan fingerprint density at radius 3 is 2.56 bits per heavy atom. The fourth-order valence-corrected chi connectivity index (χ4v) is 3.48. The first-order valence-electron chi connectivity index (χ1n) is 7.30. The summed E-state index contributed by atoms with van der Waals surface area (Å²) >= 11 is 0. The molecule has 0 aromatic heterocycles. The van der Waals surface area contributed by atoms with Crippen LogP contribution in [0, 0.1) is 17.8 Å². The average molecular weight is 254 g/mol. The van der Waals surface area contributed by atoms with E-state index in [1.165, 1.54) is 0 Å². The van der Waals surface area contributed by atoms with Crippen LogP contribution in [0.4, 0.5) is 0 Å². The molecule has 4 heteroatoms. The molecule has 0 spiro atoms. The van der Waals surface area contributed by atoms with Crippen molar-refractivity contribution in [3.8, 4) is 0 Å². The summed E-state index contributed by atoms with van der Waals surface area (Å²) in [5.41, 5.74) is 5.75. The molecular weight excluding hydrogens is 228 g/mol. The van der Waals surface area contributed by atoms with Crippen LogP contribution in [0.5, 0.6) is 0 Å². The van der Waals surface area contributed by atoms with Gasteiger partial charge in [0.15, 0.2) is 0 Å². The molecule has 3 N–H and O–H groups in total. The van der Waals surface area contributed by atoms with Crippen molar-refractivity contribution in [1.29, 1.82) is 0 Å². The molecule has 1 heterocycles. The number of nitrogens with zero attached hydrogens (tertiary/aromatic N) is 1. The number of aliphatic hydroxyl groups excluding tert-OH is 1. The Labute approximate surface area is 110 Å². The average Bonchev–Trinajstić information content (AvgIpc) is 2.86. The minimum absolute atomic E-state index is 0.165. The fourth-order valence-electron chi connectivity index (χ4n) is 3.48. The molecule has 104 valence electrons. The molecule has 1 saturated carbocycles. The Hall–Kier alpha value is -0.610. The molecule has 4 nitrogen and oxygen atoms in total. The first-order chi connectivity index (χ1) is 8.63. The van der Waals surface area contributed by atoms with Gasteiger partial charge in [0.1, 0.15) is 0 Å². The number of aliphatic hydroxyl groups is 1. The molecule has 1 aliphatic carbocycles. The van der Waals surface area contributed by atoms with Gasteiger partial charge in [-0.2, -0.15) is 0 Å². The number of carbonyl (C=O) groups excluding carboxylic acids is 1. The van der Waals surface area contributed by atoms with Crippen LogP contribution in [0.15, 0.2) is 0 Å². The minimum Gasteiger partial charge on any atom is -0.393 e. The summed E-state index contributed by atoms with van der Waals surface area (Å²) < 4.78 is 0. The standard InChI is InChI=1S/C14H26N2O2/c1-10(17)11-5-7-16(8-6-11)14(18)13-4-2-3-12(13)9-15/h10-13,17H,2-9,15H2,1H3/t10?,12-,13-/m1/s1. The number of piperidine rings is 1. The second kappa shape index (κ2) is 6.02. The molecule has 1 amide bonds. The van der Waals surface area contributed by atoms with Gasteiger partial charge in [-0.1, -0.05) is 6.42 Å². The van der Waals surface area contributed by atoms with E-state index in [9.17, 15) is 9.90 Å². The summed E-state index contributed by atoms with van der Waals surface area (Å²) in [4.78, 5) is 14.5. The quantitative estimate of drug-likeness (QED) is 0.789. The van der Waals surface area contributed by atoms with Crippen molar-refractivity contribution < 1.29 is 9.90 Å². The largest absolute Gasteiger partial charge is 0.393 e. The first-order valence-corrected chi connectivity index (χ1v) is 7.30. The molecule has 1 aliphatic heterocycles. The number of carbonyl (C=O) groups is 1. The summed E-state index contributed by atoms with van der Waals surface area (Å²) in [6.45, 7) is 4.11. The fraction of sp³-hybridized carbons (Fsp3) is 0.929. The van der Waals surface area contributed by atoms with Crippen LogP contribution in [0.2, 0.25) is 0 Å². The second-order valence-electron chi connectivity index (χ2n) is 5.94. The molecule has 0 aromatic rings. The van der Waals surface area contributed by atoms with Gasteiger partial charge in [-0.15, -0.1) is 0 Å². The van der Waals surface area contributed by atoms with Gasteiger partial charge in [0.2, 0.25) is 5.91 Å². The Morgan fingerprint density at radius 2 is 2.00 bits per heavy atom. The lowest BCUT2D eigenvalue weighted by Gasteiger charge is -2.35. The zero-order valence-electron chi connectivity index (χ0n) is 11.3. The van der Waals surface area contributed by atoms with Crippen LogP contribution in [-0.2, 0) is 4.79 Å². The van der Waals surface area contributed by atoms with Crippen LogP contribution in [-0.4, -0.2) is 41.7 Å². The maximum Gasteiger partial charge on any atom is 0.226 e. The summed E-state index contributed by atoms with van der Waals surface area (Å²) in [6, 6.07) is 0. The molecule has 1 saturated heterocycles. The second-order valence-corrected chi connectivity index (χ2v) is 5.94. The van der Waals surface area contributed by atoms with E-state index in [-0.39, 0.29) is 12.0 Å². The van der Waals surface area contributed by atoms with Crippen LogP contribution >= 0.6 is 0 Å². The highest BCUT2D eigenvalue weighted by molar-refractivity contribution is 5.79. The number of amides is 1. The highest BCUT2D eigenvalue weighted by Gasteiger charge is 2.36. The third-order valence-corrected chi connectivity index (χ3v) is 4.81. The highest BCUT2D eigenvalue weighted by atomic mass is 16.3. The molecule has 2 rings (SSSR count). The van der Waals surface area contributed by atoms with Crippen LogP contribution < -0.4 is 5.73 Å². The molecular formula is C14H26N2O2. The summed E-state index contributed by atoms with van der Waals surface area (Å²) in [7, 11) is 0. The minimum atomic E-state index is -0.245. The molecule has 0 radical (unpaired) electrons. The summed E-state index contributed by atoms with van der Waals surface area (Å²) in [5, 5.41) is 9.57. The van der Waals surface area contributed by atoms with Crippen molar-refractivity contribution in [1.82, 2.24) is 4.90 Å². The van der Waals surface area contributed by atoms with Crippen molar-refractivity contribution in [3.63, 3.8) is 0 Å². The van der Waals surface area contributed by atoms with Gasteiger partial charge in [0, 0.05) is 19.0 Å². The third kappa shape index (κ3) is 2.86. The lowest BCUT2D eigenvalue weighted by atomic mass is 9.89. The molecule has 2 aliphatic rings. The Balaban J connectivity index is 1.87. The predicted molar refractivity (Wildman–Crippen MR) is 70.9 cm³/mol. The maximum atomic E-state index is 12.5. The lowest BCUT2D eigenvalue weighted by molar-refractivity contribution is -0.138. The van der Waals surface area contributed by atoms with Crippen molar-refractivity contribution in [2.75, 3.05) is 19.6 Å². The molecule has 0 bridgehead atoms. The number of hydrogen-bond acceptors (Lipinski definition) is 3. The van der Waals surface area contributed by atoms with Crippen molar-refractivity contribution in [2.24, 2.45) is 23.5 Å². The van der Waals surface area contributed by atoms with E-state index in [0.29, 0.717) is 24.3 Å². The van der Waals surface area contributed by atoms with Crippen molar-refractivity contribution >= 4 is 5.91 Å². The zero-order chi connectivity index (χ0) is 13.1. The van der Waals surface area contributed by atoms with E-state index in [1.807, 2.05) is 11.8 Å². The molecule has 0 aromatic carbocycles. The van der Waals surface area contributed by atoms with Gasteiger partial charge in [0.25, 0.3) is 0 Å². The summed E-state index contributed by atoms with van der Waals surface area (Å²) in [5.74, 6) is 1.24. The zero-order valence-corrected chi connectivity index (χ0v) is 11.3. The van der Waals surface area contributed by atoms with Gasteiger partial charge in [-0.25, -0.2) is 0 Å². The SMILES string of the molecule is CC(O)C1CCN(C(=O)[C@@H]2CCC[C@@H]2CN)CC1. The van der Waals surface area contributed by atoms with E-state index >= 15 is 0 Å². The van der Waals surface area contributed by atoms with Crippen LogP contribution in [0.3, 0.4) is 0 Å². The monoisotopic (exact) mass is 254 g/mol. The van der Waals surface area contributed by atoms with E-state index in [1.54, 1.807) is 0 Å². The van der Waals surface area contributed by atoms with Crippen LogP contribution in [0.1, 0.15) is 39.0 Å². The number of nitrogens with two attached hydrogens (primary N) is 1. The number of likely N-dealkylation sites (tertiary alicyclic amines) is 1. The topological polar surface area (TPSA) is 66.6 Å². The van der Waals surface area contributed by atoms with Gasteiger partial charge in [-0.05, 0) is 51.0 Å². The number of hydrogen-bond donors (Lipinski definition) is 2. The first kappa shape index (κ1) is 13.8. The smallest absolute Gasteiger partial charge is 0.226 e. The normalized spacial score (nSPS) is 31.6. The van der Waals surface area contributed by atoms with Crippen LogP contribution in [0.25, 0.3) is 0 Å². The lowest BCUT2D eigenvalue weighted by Crippen LogP contribution is -2.44. The van der Waals surface area contributed by atoms with Crippen molar-refractivity contribution in [2.45, 2.75) is 45.1 Å². The molecule has 2 fully saturated rings. The molecule has 3 atom stereocenters. The predicted octanol–water partition coefficient (Wildman–Crippen LogP) is 0.981. The molecule has 18 heavy (non-hydrogen) atoms. The third-order valence-electron chi connectivity index (χ3n) is 4.81. The molecule has 1 unspecified atom stereocenters. The van der Waals surface area contributed by atoms with E-state index in [0.717, 1.165) is 45.2 Å². The Kier molecular flexibility index (Phi) is 4.62. The summed E-state index contributed by atoms with van der Waals surface area (Å²) in [6.07, 6.45) is 4.88. The highest BCUT2D eigenvalue weighted by Crippen LogP contribution is 2.33.